The van der Waals surface area contributed by atoms with Gasteiger partial charge in [-0.1, -0.05) is 18.2 Å². The molecule has 0 saturated carbocycles. The normalized spacial score (nSPS) is 15.0. The number of H-pyrrole nitrogens is 1. The summed E-state index contributed by atoms with van der Waals surface area (Å²) in [6.07, 6.45) is 4.01. The number of hydrogen-bond donors (Lipinski definition) is 1. The van der Waals surface area contributed by atoms with Gasteiger partial charge in [-0.05, 0) is 31.5 Å². The van der Waals surface area contributed by atoms with Gasteiger partial charge in [-0.25, -0.2) is 0 Å². The Morgan fingerprint density at radius 1 is 0.963 bits per heavy atom. The van der Waals surface area contributed by atoms with Gasteiger partial charge in [0.2, 0.25) is 0 Å². The van der Waals surface area contributed by atoms with Gasteiger partial charge in [-0.15, -0.1) is 0 Å². The molecule has 0 atom stereocenters. The molecule has 3 aromatic rings. The quantitative estimate of drug-likeness (QED) is 0.762. The summed E-state index contributed by atoms with van der Waals surface area (Å²) in [5.41, 5.74) is 3.18. The fraction of sp³-hybridized carbons (Fsp3) is 0.286. The lowest BCUT2D eigenvalue weighted by Crippen LogP contribution is -2.37. The molecule has 0 unspecified atom stereocenters. The highest BCUT2D eigenvalue weighted by Crippen LogP contribution is 2.24. The van der Waals surface area contributed by atoms with E-state index in [2.05, 4.69) is 9.97 Å². The van der Waals surface area contributed by atoms with E-state index in [1.807, 2.05) is 41.0 Å². The van der Waals surface area contributed by atoms with E-state index >= 15 is 0 Å². The third-order valence-corrected chi connectivity index (χ3v) is 5.09. The van der Waals surface area contributed by atoms with E-state index in [0.29, 0.717) is 31.7 Å². The van der Waals surface area contributed by atoms with Crippen LogP contribution in [-0.4, -0.2) is 57.8 Å². The minimum atomic E-state index is -0.0272. The van der Waals surface area contributed by atoms with Crippen molar-refractivity contribution in [2.45, 2.75) is 13.3 Å². The number of nitrogens with one attached hydrogen (secondary N) is 1. The van der Waals surface area contributed by atoms with Crippen molar-refractivity contribution in [1.82, 2.24) is 19.8 Å². The summed E-state index contributed by atoms with van der Waals surface area (Å²) in [4.78, 5) is 36.8. The molecule has 2 aromatic heterocycles. The smallest absolute Gasteiger partial charge is 0.256 e. The molecule has 6 heteroatoms. The van der Waals surface area contributed by atoms with Crippen molar-refractivity contribution in [3.8, 4) is 0 Å². The molecule has 138 valence electrons. The number of pyridine rings is 1. The number of amides is 2. The fourth-order valence-corrected chi connectivity index (χ4v) is 3.71. The minimum Gasteiger partial charge on any atom is -0.358 e. The number of rotatable bonds is 2. The number of carbonyl (C=O) groups excluding carboxylic acids is 2. The predicted molar refractivity (Wildman–Crippen MR) is 104 cm³/mol. The summed E-state index contributed by atoms with van der Waals surface area (Å²) in [7, 11) is 0. The van der Waals surface area contributed by atoms with Crippen LogP contribution in [0.25, 0.3) is 10.9 Å². The standard InChI is InChI=1S/C21H22N4O2/c1-15-19(17-7-2-3-8-18(17)23-15)21(27)25-11-5-10-24(12-13-25)20(26)16-6-4-9-22-14-16/h2-4,6-9,14,23H,5,10-13H2,1H3. The first-order valence-corrected chi connectivity index (χ1v) is 9.21. The van der Waals surface area contributed by atoms with Gasteiger partial charge in [0.25, 0.3) is 11.8 Å². The minimum absolute atomic E-state index is 0.0272. The van der Waals surface area contributed by atoms with Gasteiger partial charge < -0.3 is 14.8 Å². The van der Waals surface area contributed by atoms with E-state index in [1.165, 1.54) is 0 Å². The largest absolute Gasteiger partial charge is 0.358 e. The zero-order chi connectivity index (χ0) is 18.8. The van der Waals surface area contributed by atoms with Gasteiger partial charge in [0, 0.05) is 55.2 Å². The van der Waals surface area contributed by atoms with Crippen LogP contribution in [-0.2, 0) is 0 Å². The lowest BCUT2D eigenvalue weighted by Gasteiger charge is -2.22. The number of benzene rings is 1. The molecule has 0 bridgehead atoms. The third-order valence-electron chi connectivity index (χ3n) is 5.09. The summed E-state index contributed by atoms with van der Waals surface area (Å²) in [6, 6.07) is 11.4. The first-order valence-electron chi connectivity index (χ1n) is 9.21. The van der Waals surface area contributed by atoms with Crippen molar-refractivity contribution in [2.24, 2.45) is 0 Å². The van der Waals surface area contributed by atoms with Gasteiger partial charge in [-0.2, -0.15) is 0 Å². The van der Waals surface area contributed by atoms with Crippen molar-refractivity contribution < 1.29 is 9.59 Å². The van der Waals surface area contributed by atoms with E-state index in [4.69, 9.17) is 0 Å². The van der Waals surface area contributed by atoms with Crippen LogP contribution in [0.4, 0.5) is 0 Å². The molecule has 27 heavy (non-hydrogen) atoms. The summed E-state index contributed by atoms with van der Waals surface area (Å²) in [6.45, 7) is 4.28. The van der Waals surface area contributed by atoms with Crippen LogP contribution in [0.15, 0.2) is 48.8 Å². The summed E-state index contributed by atoms with van der Waals surface area (Å²) < 4.78 is 0. The molecule has 1 aliphatic heterocycles. The second-order valence-electron chi connectivity index (χ2n) is 6.85. The number of carbonyl (C=O) groups is 2. The van der Waals surface area contributed by atoms with Crippen LogP contribution in [0.5, 0.6) is 0 Å². The number of aryl methyl sites for hydroxylation is 1. The lowest BCUT2D eigenvalue weighted by atomic mass is 10.1. The van der Waals surface area contributed by atoms with Crippen LogP contribution < -0.4 is 0 Å². The van der Waals surface area contributed by atoms with E-state index in [-0.39, 0.29) is 11.8 Å². The summed E-state index contributed by atoms with van der Waals surface area (Å²) >= 11 is 0. The van der Waals surface area contributed by atoms with Crippen molar-refractivity contribution in [3.63, 3.8) is 0 Å². The zero-order valence-corrected chi connectivity index (χ0v) is 15.3. The second kappa shape index (κ2) is 7.23. The molecule has 6 nitrogen and oxygen atoms in total. The van der Waals surface area contributed by atoms with E-state index in [9.17, 15) is 9.59 Å². The Balaban J connectivity index is 1.52. The molecule has 1 N–H and O–H groups in total. The molecule has 1 fully saturated rings. The van der Waals surface area contributed by atoms with Crippen LogP contribution in [0.3, 0.4) is 0 Å². The molecule has 3 heterocycles. The Morgan fingerprint density at radius 3 is 2.44 bits per heavy atom. The topological polar surface area (TPSA) is 69.3 Å². The molecule has 0 aliphatic carbocycles. The number of aromatic nitrogens is 2. The molecule has 1 saturated heterocycles. The van der Waals surface area contributed by atoms with Crippen molar-refractivity contribution in [1.29, 1.82) is 0 Å². The average Bonchev–Trinajstić information content (AvgIpc) is 2.87. The third kappa shape index (κ3) is 3.30. The highest BCUT2D eigenvalue weighted by Gasteiger charge is 2.26. The number of nitrogens with zero attached hydrogens (tertiary/aromatic N) is 3. The van der Waals surface area contributed by atoms with E-state index in [0.717, 1.165) is 28.6 Å². The SMILES string of the molecule is Cc1[nH]c2ccccc2c1C(=O)N1CCCN(C(=O)c2cccnc2)CC1. The van der Waals surface area contributed by atoms with Crippen molar-refractivity contribution >= 4 is 22.7 Å². The molecular weight excluding hydrogens is 340 g/mol. The monoisotopic (exact) mass is 362 g/mol. The molecule has 0 spiro atoms. The summed E-state index contributed by atoms with van der Waals surface area (Å²) in [5, 5.41) is 0.951. The molecule has 1 aromatic carbocycles. The Labute approximate surface area is 157 Å². The number of para-hydroxylation sites is 1. The molecule has 4 rings (SSSR count). The van der Waals surface area contributed by atoms with Crippen LogP contribution >= 0.6 is 0 Å². The average molecular weight is 362 g/mol. The Morgan fingerprint density at radius 2 is 1.70 bits per heavy atom. The van der Waals surface area contributed by atoms with Crippen LogP contribution in [0.2, 0.25) is 0 Å². The maximum Gasteiger partial charge on any atom is 0.256 e. The maximum atomic E-state index is 13.2. The Bertz CT molecular complexity index is 980. The number of fused-ring (bicyclic) bond motifs is 1. The van der Waals surface area contributed by atoms with Gasteiger partial charge in [0.1, 0.15) is 0 Å². The second-order valence-corrected chi connectivity index (χ2v) is 6.85. The predicted octanol–water partition coefficient (Wildman–Crippen LogP) is 2.86. The van der Waals surface area contributed by atoms with E-state index < -0.39 is 0 Å². The molecule has 0 radical (unpaired) electrons. The van der Waals surface area contributed by atoms with E-state index in [1.54, 1.807) is 24.5 Å². The molecule has 2 amide bonds. The fourth-order valence-electron chi connectivity index (χ4n) is 3.71. The Hall–Kier alpha value is -3.15. The zero-order valence-electron chi connectivity index (χ0n) is 15.3. The Kier molecular flexibility index (Phi) is 4.62. The highest BCUT2D eigenvalue weighted by atomic mass is 16.2. The molecule has 1 aliphatic rings. The van der Waals surface area contributed by atoms with Gasteiger partial charge in [-0.3, -0.25) is 14.6 Å². The van der Waals surface area contributed by atoms with Crippen LogP contribution in [0.1, 0.15) is 32.8 Å². The maximum absolute atomic E-state index is 13.2. The summed E-state index contributed by atoms with van der Waals surface area (Å²) in [5.74, 6) is 0.00120. The lowest BCUT2D eigenvalue weighted by molar-refractivity contribution is 0.0719. The van der Waals surface area contributed by atoms with Gasteiger partial charge in [0.15, 0.2) is 0 Å². The van der Waals surface area contributed by atoms with Gasteiger partial charge >= 0.3 is 0 Å². The first kappa shape index (κ1) is 17.3. The van der Waals surface area contributed by atoms with Crippen LogP contribution in [0, 0.1) is 6.92 Å². The molecular formula is C21H22N4O2. The van der Waals surface area contributed by atoms with Crippen molar-refractivity contribution in [2.75, 3.05) is 26.2 Å². The number of aromatic amines is 1. The highest BCUT2D eigenvalue weighted by molar-refractivity contribution is 6.08. The number of hydrogen-bond acceptors (Lipinski definition) is 3. The van der Waals surface area contributed by atoms with Gasteiger partial charge in [0.05, 0.1) is 11.1 Å². The van der Waals surface area contributed by atoms with Crippen molar-refractivity contribution in [3.05, 3.63) is 65.6 Å². The first-order chi connectivity index (χ1) is 13.1.